The van der Waals surface area contributed by atoms with Crippen LogP contribution in [-0.4, -0.2) is 127 Å². The number of tetrazole rings is 2. The van der Waals surface area contributed by atoms with E-state index in [1.54, 1.807) is 4.80 Å². The molecule has 0 saturated carbocycles. The van der Waals surface area contributed by atoms with Crippen LogP contribution in [0.5, 0.6) is 11.5 Å². The second kappa shape index (κ2) is 19.3. The summed E-state index contributed by atoms with van der Waals surface area (Å²) in [4.78, 5) is 16.0. The topological polar surface area (TPSA) is 179 Å². The monoisotopic (exact) mass is 877 g/mol. The van der Waals surface area contributed by atoms with Gasteiger partial charge in [-0.15, -0.1) is 20.4 Å². The summed E-state index contributed by atoms with van der Waals surface area (Å²) in [6.45, 7) is 8.58. The normalized spacial score (nSPS) is 18.3. The number of nitrogens with zero attached hydrogens (tertiary/aromatic N) is 9. The number of hydrogen-bond acceptors (Lipinski definition) is 13. The minimum absolute atomic E-state index is 0. The van der Waals surface area contributed by atoms with Crippen molar-refractivity contribution in [2.45, 2.75) is 57.4 Å². The van der Waals surface area contributed by atoms with E-state index >= 15 is 0 Å². The first-order valence-electron chi connectivity index (χ1n) is 22.1. The first-order chi connectivity index (χ1) is 31.4. The number of benzene rings is 4. The van der Waals surface area contributed by atoms with Crippen LogP contribution in [0.3, 0.4) is 0 Å². The predicted molar refractivity (Wildman–Crippen MR) is 246 cm³/mol. The number of nitrogens with one attached hydrogen (secondary N) is 2. The Labute approximate surface area is 378 Å². The van der Waals surface area contributed by atoms with E-state index in [0.717, 1.165) is 147 Å². The molecule has 3 fully saturated rings. The van der Waals surface area contributed by atoms with Crippen molar-refractivity contribution in [2.75, 3.05) is 59.0 Å². The van der Waals surface area contributed by atoms with E-state index in [4.69, 9.17) is 19.3 Å². The highest BCUT2D eigenvalue weighted by Crippen LogP contribution is 2.44. The van der Waals surface area contributed by atoms with Gasteiger partial charge in [0.1, 0.15) is 22.7 Å². The predicted octanol–water partition coefficient (Wildman–Crippen LogP) is 5.63. The summed E-state index contributed by atoms with van der Waals surface area (Å²) in [6.07, 6.45) is 8.34. The summed E-state index contributed by atoms with van der Waals surface area (Å²) >= 11 is 0. The van der Waals surface area contributed by atoms with E-state index in [0.29, 0.717) is 11.6 Å². The van der Waals surface area contributed by atoms with E-state index in [1.165, 1.54) is 5.57 Å². The second-order valence-corrected chi connectivity index (χ2v) is 16.8. The number of carboxylic acid groups (broad SMARTS) is 1. The number of para-hydroxylation sites is 2. The molecule has 0 aliphatic carbocycles. The molecule has 3 N–H and O–H groups in total. The minimum Gasteiger partial charge on any atom is -0.482 e. The number of fused-ring (bicyclic) bond motifs is 2. The first-order valence-corrected chi connectivity index (χ1v) is 22.1. The fourth-order valence-electron chi connectivity index (χ4n) is 9.11. The van der Waals surface area contributed by atoms with Crippen LogP contribution in [0.25, 0.3) is 33.9 Å². The molecular weight excluding hydrogens is 823 g/mol. The molecule has 0 unspecified atom stereocenters. The van der Waals surface area contributed by atoms with E-state index in [2.05, 4.69) is 113 Å². The van der Waals surface area contributed by atoms with Crippen molar-refractivity contribution < 1.29 is 24.1 Å². The summed E-state index contributed by atoms with van der Waals surface area (Å²) in [6, 6.07) is 32.9. The zero-order chi connectivity index (χ0) is 43.4. The van der Waals surface area contributed by atoms with E-state index in [9.17, 15) is 4.79 Å². The van der Waals surface area contributed by atoms with Gasteiger partial charge in [-0.3, -0.25) is 9.69 Å². The smallest absolute Gasteiger partial charge is 0.327 e. The maximum Gasteiger partial charge on any atom is 0.327 e. The van der Waals surface area contributed by atoms with Crippen LogP contribution in [0.4, 0.5) is 0 Å². The number of ether oxygens (including phenoxy) is 3. The van der Waals surface area contributed by atoms with Gasteiger partial charge in [0.25, 0.3) is 0 Å². The number of rotatable bonds is 9. The summed E-state index contributed by atoms with van der Waals surface area (Å²) in [5.74, 6) is 1.90. The highest BCUT2D eigenvalue weighted by atomic mass is 16.5. The van der Waals surface area contributed by atoms with Gasteiger partial charge < -0.3 is 30.0 Å². The molecule has 16 nitrogen and oxygen atoms in total. The lowest BCUT2D eigenvalue weighted by molar-refractivity contribution is -0.138. The molecule has 11 rings (SSSR count). The van der Waals surface area contributed by atoms with Crippen molar-refractivity contribution >= 4 is 17.1 Å². The lowest BCUT2D eigenvalue weighted by Crippen LogP contribution is -2.46. The Morgan fingerprint density at radius 3 is 1.62 bits per heavy atom. The lowest BCUT2D eigenvalue weighted by Gasteiger charge is -2.40. The average molecular weight is 878 g/mol. The molecule has 5 aliphatic rings. The highest BCUT2D eigenvalue weighted by Gasteiger charge is 2.38. The van der Waals surface area contributed by atoms with E-state index in [1.807, 2.05) is 42.5 Å². The molecule has 0 bridgehead atoms. The summed E-state index contributed by atoms with van der Waals surface area (Å²) in [5, 5.41) is 41.1. The van der Waals surface area contributed by atoms with Gasteiger partial charge in [0, 0.05) is 67.6 Å². The van der Waals surface area contributed by atoms with Gasteiger partial charge in [0.05, 0.1) is 19.8 Å². The van der Waals surface area contributed by atoms with Crippen LogP contribution in [0.1, 0.15) is 55.4 Å². The molecule has 0 atom stereocenters. The Morgan fingerprint density at radius 2 is 1.09 bits per heavy atom. The van der Waals surface area contributed by atoms with Gasteiger partial charge in [-0.25, -0.2) is 0 Å². The molecule has 65 heavy (non-hydrogen) atoms. The molecular formula is C49H55N11O5. The Balaban J connectivity index is 0.000000163. The van der Waals surface area contributed by atoms with Gasteiger partial charge in [0.15, 0.2) is 6.54 Å². The molecule has 0 amide bonds. The van der Waals surface area contributed by atoms with Crippen molar-refractivity contribution in [3.8, 4) is 34.3 Å². The molecule has 2 spiro atoms. The summed E-state index contributed by atoms with van der Waals surface area (Å²) in [7, 11) is 0. The third-order valence-electron chi connectivity index (χ3n) is 12.5. The van der Waals surface area contributed by atoms with E-state index < -0.39 is 5.97 Å². The quantitative estimate of drug-likeness (QED) is 0.163. The standard InChI is InChI=1S/C26H30N6O2.C22H21N5O3.CH4/c1-2-7-24-22(6-1)23(19-26(34-24)8-10-27-11-9-26)20-4-3-5-21(18-20)25-28-30-32(29-25)13-12-31-14-16-33-17-15-31;28-20(29)14-27-25-21(24-26-27)16-5-3-4-15(12-16)18-13-22(8-10-23-11-9-22)30-19-7-2-1-6-17(18)19;/h1-7,18-19,27H,8-17H2;1-7,12-13,23H,8-11,14H2,(H,28,29);1H4. The molecule has 3 saturated heterocycles. The van der Waals surface area contributed by atoms with Crippen molar-refractivity contribution in [2.24, 2.45) is 0 Å². The first kappa shape index (κ1) is 43.7. The number of carboxylic acids is 1. The fraction of sp³-hybridized carbons (Fsp3) is 0.367. The van der Waals surface area contributed by atoms with Crippen LogP contribution < -0.4 is 20.1 Å². The fourth-order valence-corrected chi connectivity index (χ4v) is 9.11. The van der Waals surface area contributed by atoms with Crippen molar-refractivity contribution in [3.63, 3.8) is 0 Å². The molecule has 2 aromatic heterocycles. The third-order valence-corrected chi connectivity index (χ3v) is 12.5. The Morgan fingerprint density at radius 1 is 0.615 bits per heavy atom. The number of aromatic nitrogens is 8. The summed E-state index contributed by atoms with van der Waals surface area (Å²) < 4.78 is 18.4. The Kier molecular flexibility index (Phi) is 12.9. The number of morpholine rings is 1. The SMILES string of the molecule is C.C1=C(c2cccc(-c3nnn(CCN4CCOCC4)n3)c2)c2ccccc2OC12CCNCC2.O=C(O)Cn1nnc(-c2cccc(C3=CC4(CCNCC4)Oc4ccccc43)c2)n1. The van der Waals surface area contributed by atoms with Gasteiger partial charge >= 0.3 is 5.97 Å². The maximum absolute atomic E-state index is 10.9. The zero-order valence-corrected chi connectivity index (χ0v) is 35.6. The third kappa shape index (κ3) is 9.76. The van der Waals surface area contributed by atoms with Crippen LogP contribution >= 0.6 is 0 Å². The maximum atomic E-state index is 10.9. The molecule has 4 aromatic carbocycles. The molecule has 7 heterocycles. The van der Waals surface area contributed by atoms with Gasteiger partial charge in [0.2, 0.25) is 11.6 Å². The van der Waals surface area contributed by atoms with Gasteiger partial charge in [-0.1, -0.05) is 80.2 Å². The van der Waals surface area contributed by atoms with Crippen molar-refractivity contribution in [1.82, 2.24) is 55.9 Å². The number of carbonyl (C=O) groups is 1. The lowest BCUT2D eigenvalue weighted by atomic mass is 9.83. The van der Waals surface area contributed by atoms with Gasteiger partial charge in [-0.05, 0) is 95.3 Å². The number of hydrogen-bond donors (Lipinski definition) is 3. The molecule has 16 heteroatoms. The van der Waals surface area contributed by atoms with Crippen molar-refractivity contribution in [1.29, 1.82) is 0 Å². The number of piperidine rings is 2. The highest BCUT2D eigenvalue weighted by molar-refractivity contribution is 5.87. The Hall–Kier alpha value is -6.59. The minimum atomic E-state index is -1.01. The van der Waals surface area contributed by atoms with Crippen LogP contribution in [-0.2, 0) is 22.6 Å². The molecule has 336 valence electrons. The van der Waals surface area contributed by atoms with Crippen LogP contribution in [0.2, 0.25) is 0 Å². The van der Waals surface area contributed by atoms with Crippen LogP contribution in [0.15, 0.2) is 109 Å². The van der Waals surface area contributed by atoms with Crippen molar-refractivity contribution in [3.05, 3.63) is 131 Å². The Bertz CT molecular complexity index is 2670. The van der Waals surface area contributed by atoms with Gasteiger partial charge in [-0.2, -0.15) is 9.59 Å². The second-order valence-electron chi connectivity index (χ2n) is 16.8. The van der Waals surface area contributed by atoms with E-state index in [-0.39, 0.29) is 25.2 Å². The molecule has 5 aliphatic heterocycles. The molecule has 6 aromatic rings. The number of aliphatic carboxylic acids is 1. The summed E-state index contributed by atoms with van der Waals surface area (Å²) in [5.41, 5.74) is 7.90. The molecule has 0 radical (unpaired) electrons. The van der Waals surface area contributed by atoms with Crippen LogP contribution in [0, 0.1) is 0 Å². The largest absolute Gasteiger partial charge is 0.482 e. The zero-order valence-electron chi connectivity index (χ0n) is 35.6. The average Bonchev–Trinajstić information content (AvgIpc) is 4.02.